The van der Waals surface area contributed by atoms with Crippen LogP contribution in [0.1, 0.15) is 45.4 Å². The van der Waals surface area contributed by atoms with Crippen molar-refractivity contribution in [2.45, 2.75) is 19.9 Å². The number of anilines is 1. The fraction of sp³-hybridized carbons (Fsp3) is 0.167. The monoisotopic (exact) mass is 442 g/mol. The Balaban J connectivity index is 1.61. The van der Waals surface area contributed by atoms with Crippen LogP contribution >= 0.6 is 0 Å². The number of rotatable bonds is 9. The molecule has 166 valence electrons. The van der Waals surface area contributed by atoms with E-state index in [9.17, 15) is 14.7 Å². The predicted octanol–water partition coefficient (Wildman–Crippen LogP) is 3.61. The Morgan fingerprint density at radius 1 is 1.00 bits per heavy atom. The number of aromatic nitrogens is 5. The summed E-state index contributed by atoms with van der Waals surface area (Å²) >= 11 is 0. The Morgan fingerprint density at radius 2 is 1.76 bits per heavy atom. The fourth-order valence-electron chi connectivity index (χ4n) is 3.67. The number of carboxylic acids is 1. The van der Waals surface area contributed by atoms with E-state index < -0.39 is 5.97 Å². The molecule has 9 heteroatoms. The number of benzene rings is 2. The first-order valence-corrected chi connectivity index (χ1v) is 10.5. The SMILES string of the molecule is CCCN(Cc1ccc(-c2ccccc2C(=O)c2nnn[nH]2)cc1)c1ncccc1C(=O)O. The van der Waals surface area contributed by atoms with Gasteiger partial charge in [-0.05, 0) is 45.7 Å². The number of H-pyrrole nitrogens is 1. The molecule has 0 bridgehead atoms. The van der Waals surface area contributed by atoms with Crippen LogP contribution in [0.15, 0.2) is 66.9 Å². The van der Waals surface area contributed by atoms with Crippen LogP contribution in [0, 0.1) is 0 Å². The van der Waals surface area contributed by atoms with Crippen LogP contribution in [-0.4, -0.2) is 49.0 Å². The Kier molecular flexibility index (Phi) is 6.49. The first kappa shape index (κ1) is 21.8. The molecule has 2 N–H and O–H groups in total. The molecular weight excluding hydrogens is 420 g/mol. The van der Waals surface area contributed by atoms with Crippen molar-refractivity contribution in [2.75, 3.05) is 11.4 Å². The molecule has 0 radical (unpaired) electrons. The molecule has 0 unspecified atom stereocenters. The van der Waals surface area contributed by atoms with Gasteiger partial charge in [0.15, 0.2) is 0 Å². The van der Waals surface area contributed by atoms with Crippen molar-refractivity contribution in [3.05, 3.63) is 89.4 Å². The normalized spacial score (nSPS) is 10.7. The zero-order chi connectivity index (χ0) is 23.2. The average Bonchev–Trinajstić information content (AvgIpc) is 3.39. The number of hydrogen-bond acceptors (Lipinski definition) is 7. The van der Waals surface area contributed by atoms with Crippen molar-refractivity contribution in [3.63, 3.8) is 0 Å². The standard InChI is InChI=1S/C24H22N6O3/c1-2-14-30(23-20(24(32)33)8-5-13-25-23)15-16-9-11-17(12-10-16)18-6-3-4-7-19(18)21(31)22-26-28-29-27-22/h3-13H,2,14-15H2,1H3,(H,32,33)(H,26,27,28,29). The Hall–Kier alpha value is -4.40. The third-order valence-corrected chi connectivity index (χ3v) is 5.18. The lowest BCUT2D eigenvalue weighted by Gasteiger charge is -2.24. The van der Waals surface area contributed by atoms with E-state index in [2.05, 4.69) is 25.6 Å². The second-order valence-corrected chi connectivity index (χ2v) is 7.42. The molecule has 2 aromatic heterocycles. The summed E-state index contributed by atoms with van der Waals surface area (Å²) in [6.07, 6.45) is 2.45. The lowest BCUT2D eigenvalue weighted by molar-refractivity contribution is 0.0697. The summed E-state index contributed by atoms with van der Waals surface area (Å²) in [5.41, 5.74) is 3.32. The van der Waals surface area contributed by atoms with E-state index in [0.717, 1.165) is 23.1 Å². The zero-order valence-electron chi connectivity index (χ0n) is 18.0. The summed E-state index contributed by atoms with van der Waals surface area (Å²) in [7, 11) is 0. The molecule has 2 aromatic carbocycles. The van der Waals surface area contributed by atoms with Crippen LogP contribution in [0.25, 0.3) is 11.1 Å². The van der Waals surface area contributed by atoms with Gasteiger partial charge in [0.1, 0.15) is 11.4 Å². The largest absolute Gasteiger partial charge is 0.478 e. The number of hydrogen-bond donors (Lipinski definition) is 2. The fourth-order valence-corrected chi connectivity index (χ4v) is 3.67. The topological polar surface area (TPSA) is 125 Å². The maximum atomic E-state index is 12.8. The van der Waals surface area contributed by atoms with Gasteiger partial charge in [-0.2, -0.15) is 0 Å². The lowest BCUT2D eigenvalue weighted by atomic mass is 9.96. The minimum atomic E-state index is -1.00. The minimum absolute atomic E-state index is 0.0823. The van der Waals surface area contributed by atoms with Gasteiger partial charge in [0.2, 0.25) is 11.6 Å². The molecule has 33 heavy (non-hydrogen) atoms. The highest BCUT2D eigenvalue weighted by Gasteiger charge is 2.19. The third-order valence-electron chi connectivity index (χ3n) is 5.18. The number of carbonyl (C=O) groups excluding carboxylic acids is 1. The summed E-state index contributed by atoms with van der Waals surface area (Å²) in [5.74, 6) is -0.755. The van der Waals surface area contributed by atoms with Gasteiger partial charge >= 0.3 is 5.97 Å². The first-order valence-electron chi connectivity index (χ1n) is 10.5. The maximum Gasteiger partial charge on any atom is 0.339 e. The quantitative estimate of drug-likeness (QED) is 0.377. The molecule has 0 amide bonds. The molecule has 4 aromatic rings. The van der Waals surface area contributed by atoms with Crippen LogP contribution in [0.4, 0.5) is 5.82 Å². The maximum absolute atomic E-state index is 12.8. The molecule has 0 aliphatic carbocycles. The molecule has 9 nitrogen and oxygen atoms in total. The van der Waals surface area contributed by atoms with E-state index in [0.29, 0.717) is 24.5 Å². The lowest BCUT2D eigenvalue weighted by Crippen LogP contribution is -2.26. The molecular formula is C24H22N6O3. The molecule has 0 atom stereocenters. The van der Waals surface area contributed by atoms with Crippen molar-refractivity contribution in [1.29, 1.82) is 0 Å². The molecule has 0 spiro atoms. The number of carboxylic acid groups (broad SMARTS) is 1. The third kappa shape index (κ3) is 4.77. The molecule has 0 saturated carbocycles. The first-order chi connectivity index (χ1) is 16.1. The van der Waals surface area contributed by atoms with Gasteiger partial charge in [-0.3, -0.25) is 4.79 Å². The molecule has 0 aliphatic heterocycles. The van der Waals surface area contributed by atoms with E-state index in [-0.39, 0.29) is 17.2 Å². The molecule has 4 rings (SSSR count). The number of nitrogens with one attached hydrogen (secondary N) is 1. The summed E-state index contributed by atoms with van der Waals surface area (Å²) < 4.78 is 0. The zero-order valence-corrected chi connectivity index (χ0v) is 18.0. The number of nitrogens with zero attached hydrogens (tertiary/aromatic N) is 5. The van der Waals surface area contributed by atoms with Gasteiger partial charge in [0.05, 0.1) is 0 Å². The van der Waals surface area contributed by atoms with Gasteiger partial charge in [-0.25, -0.2) is 14.9 Å². The molecule has 0 saturated heterocycles. The summed E-state index contributed by atoms with van der Waals surface area (Å²) in [5, 5.41) is 22.7. The smallest absolute Gasteiger partial charge is 0.339 e. The number of carbonyl (C=O) groups is 2. The van der Waals surface area contributed by atoms with E-state index in [1.807, 2.05) is 48.2 Å². The summed E-state index contributed by atoms with van der Waals surface area (Å²) in [4.78, 5) is 30.7. The van der Waals surface area contributed by atoms with E-state index in [1.165, 1.54) is 0 Å². The Labute approximate surface area is 190 Å². The summed E-state index contributed by atoms with van der Waals surface area (Å²) in [6.45, 7) is 3.22. The second kappa shape index (κ2) is 9.82. The highest BCUT2D eigenvalue weighted by atomic mass is 16.4. The molecule has 2 heterocycles. The number of ketones is 1. The van der Waals surface area contributed by atoms with Crippen LogP contribution in [0.2, 0.25) is 0 Å². The van der Waals surface area contributed by atoms with Crippen LogP contribution in [0.3, 0.4) is 0 Å². The van der Waals surface area contributed by atoms with Crippen molar-refractivity contribution >= 4 is 17.6 Å². The predicted molar refractivity (Wildman–Crippen MR) is 122 cm³/mol. The highest BCUT2D eigenvalue weighted by Crippen LogP contribution is 2.27. The Morgan fingerprint density at radius 3 is 2.45 bits per heavy atom. The van der Waals surface area contributed by atoms with E-state index in [4.69, 9.17) is 0 Å². The van der Waals surface area contributed by atoms with E-state index >= 15 is 0 Å². The van der Waals surface area contributed by atoms with Crippen LogP contribution in [0.5, 0.6) is 0 Å². The van der Waals surface area contributed by atoms with Crippen molar-refractivity contribution < 1.29 is 14.7 Å². The van der Waals surface area contributed by atoms with Gasteiger partial charge in [-0.1, -0.05) is 55.5 Å². The minimum Gasteiger partial charge on any atom is -0.478 e. The van der Waals surface area contributed by atoms with E-state index in [1.54, 1.807) is 30.5 Å². The number of aromatic amines is 1. The molecule has 0 aliphatic rings. The number of aromatic carboxylic acids is 1. The Bertz CT molecular complexity index is 1260. The average molecular weight is 442 g/mol. The summed E-state index contributed by atoms with van der Waals surface area (Å²) in [6, 6.07) is 18.3. The van der Waals surface area contributed by atoms with Crippen molar-refractivity contribution in [2.24, 2.45) is 0 Å². The van der Waals surface area contributed by atoms with Crippen molar-refractivity contribution in [1.82, 2.24) is 25.6 Å². The van der Waals surface area contributed by atoms with Gasteiger partial charge < -0.3 is 10.0 Å². The van der Waals surface area contributed by atoms with Crippen molar-refractivity contribution in [3.8, 4) is 11.1 Å². The second-order valence-electron chi connectivity index (χ2n) is 7.42. The van der Waals surface area contributed by atoms with Crippen LogP contribution in [-0.2, 0) is 6.54 Å². The number of pyridine rings is 1. The van der Waals surface area contributed by atoms with Gasteiger partial charge in [0.25, 0.3) is 0 Å². The number of tetrazole rings is 1. The molecule has 0 fully saturated rings. The van der Waals surface area contributed by atoms with Gasteiger partial charge in [0, 0.05) is 24.8 Å². The van der Waals surface area contributed by atoms with Gasteiger partial charge in [-0.15, -0.1) is 5.10 Å². The van der Waals surface area contributed by atoms with Crippen LogP contribution < -0.4 is 4.90 Å². The highest BCUT2D eigenvalue weighted by molar-refractivity contribution is 6.10.